The maximum Gasteiger partial charge on any atom is 0.0642 e. The molecule has 13 heavy (non-hydrogen) atoms. The lowest BCUT2D eigenvalue weighted by Crippen LogP contribution is -2.27. The fraction of sp³-hybridized carbons (Fsp3) is 0.727. The van der Waals surface area contributed by atoms with Gasteiger partial charge < -0.3 is 9.90 Å². The third kappa shape index (κ3) is 1.19. The van der Waals surface area contributed by atoms with Gasteiger partial charge in [0.2, 0.25) is 0 Å². The third-order valence-corrected chi connectivity index (χ3v) is 3.91. The Hall–Kier alpha value is -0.790. The van der Waals surface area contributed by atoms with Crippen LogP contribution in [0, 0.1) is 17.3 Å². The molecule has 0 spiro atoms. The predicted octanol–water partition coefficient (Wildman–Crippen LogP) is 1.12. The van der Waals surface area contributed by atoms with Crippen molar-refractivity contribution >= 4 is 5.97 Å². The van der Waals surface area contributed by atoms with Crippen molar-refractivity contribution in [2.45, 2.75) is 33.1 Å². The van der Waals surface area contributed by atoms with Gasteiger partial charge in [-0.1, -0.05) is 19.4 Å². The highest BCUT2D eigenvalue weighted by atomic mass is 16.4. The van der Waals surface area contributed by atoms with E-state index in [2.05, 4.69) is 13.8 Å². The number of carbonyl (C=O) groups excluding carboxylic acids is 1. The maximum atomic E-state index is 10.5. The van der Waals surface area contributed by atoms with E-state index in [4.69, 9.17) is 0 Å². The zero-order valence-electron chi connectivity index (χ0n) is 8.17. The van der Waals surface area contributed by atoms with Crippen LogP contribution in [0.1, 0.15) is 33.1 Å². The highest BCUT2D eigenvalue weighted by Gasteiger charge is 2.48. The van der Waals surface area contributed by atoms with Gasteiger partial charge in [-0.25, -0.2) is 0 Å². The highest BCUT2D eigenvalue weighted by molar-refractivity contribution is 5.79. The van der Waals surface area contributed by atoms with Crippen LogP contribution in [-0.4, -0.2) is 5.97 Å². The van der Waals surface area contributed by atoms with Gasteiger partial charge >= 0.3 is 0 Å². The molecular weight excluding hydrogens is 164 g/mol. The van der Waals surface area contributed by atoms with Gasteiger partial charge in [-0.05, 0) is 42.6 Å². The molecule has 2 heteroatoms. The summed E-state index contributed by atoms with van der Waals surface area (Å²) in [6.07, 6.45) is 4.96. The van der Waals surface area contributed by atoms with Gasteiger partial charge in [0, 0.05) is 0 Å². The number of carboxylic acids is 1. The molecule has 0 radical (unpaired) electrons. The van der Waals surface area contributed by atoms with Gasteiger partial charge in [-0.2, -0.15) is 0 Å². The molecular formula is C11H15O2-. The van der Waals surface area contributed by atoms with Crippen molar-refractivity contribution in [1.82, 2.24) is 0 Å². The van der Waals surface area contributed by atoms with E-state index in [-0.39, 0.29) is 5.41 Å². The molecule has 2 aliphatic carbocycles. The first-order valence-corrected chi connectivity index (χ1v) is 4.95. The van der Waals surface area contributed by atoms with Crippen LogP contribution in [0.15, 0.2) is 11.6 Å². The number of carboxylic acid groups (broad SMARTS) is 1. The minimum Gasteiger partial charge on any atom is -0.545 e. The summed E-state index contributed by atoms with van der Waals surface area (Å²) < 4.78 is 0. The second-order valence-electron chi connectivity index (χ2n) is 4.85. The minimum atomic E-state index is -1.03. The molecule has 0 heterocycles. The quantitative estimate of drug-likeness (QED) is 0.566. The molecule has 0 N–H and O–H groups in total. The van der Waals surface area contributed by atoms with E-state index in [9.17, 15) is 9.90 Å². The van der Waals surface area contributed by atoms with E-state index in [1.807, 2.05) is 0 Å². The monoisotopic (exact) mass is 179 g/mol. The predicted molar refractivity (Wildman–Crippen MR) is 47.7 cm³/mol. The first-order chi connectivity index (χ1) is 6.01. The summed E-state index contributed by atoms with van der Waals surface area (Å²) in [6.45, 7) is 4.32. The van der Waals surface area contributed by atoms with Crippen LogP contribution < -0.4 is 5.11 Å². The molecule has 2 aliphatic rings. The van der Waals surface area contributed by atoms with E-state index < -0.39 is 5.97 Å². The smallest absolute Gasteiger partial charge is 0.0642 e. The molecule has 72 valence electrons. The van der Waals surface area contributed by atoms with Crippen LogP contribution >= 0.6 is 0 Å². The van der Waals surface area contributed by atoms with Gasteiger partial charge in [0.1, 0.15) is 0 Å². The van der Waals surface area contributed by atoms with E-state index in [1.54, 1.807) is 0 Å². The Morgan fingerprint density at radius 1 is 1.54 bits per heavy atom. The Balaban J connectivity index is 2.34. The number of aliphatic carboxylic acids is 1. The SMILES string of the molecule is CC1(C)C(=CC(=O)[O-])[C@@H]2CC[C@H]1C2. The molecule has 2 atom stereocenters. The first kappa shape index (κ1) is 8.79. The summed E-state index contributed by atoms with van der Waals surface area (Å²) in [5.41, 5.74) is 1.21. The van der Waals surface area contributed by atoms with Crippen LogP contribution in [-0.2, 0) is 4.79 Å². The topological polar surface area (TPSA) is 40.1 Å². The van der Waals surface area contributed by atoms with E-state index in [0.29, 0.717) is 11.8 Å². The number of allylic oxidation sites excluding steroid dienone is 1. The van der Waals surface area contributed by atoms with Crippen molar-refractivity contribution in [1.29, 1.82) is 0 Å². The fourth-order valence-electron chi connectivity index (χ4n) is 3.11. The average Bonchev–Trinajstić information content (AvgIpc) is 2.53. The molecule has 2 saturated carbocycles. The average molecular weight is 179 g/mol. The number of rotatable bonds is 1. The van der Waals surface area contributed by atoms with Crippen molar-refractivity contribution in [3.63, 3.8) is 0 Å². The van der Waals surface area contributed by atoms with Gasteiger partial charge in [0.25, 0.3) is 0 Å². The molecule has 0 aliphatic heterocycles. The van der Waals surface area contributed by atoms with Crippen LogP contribution in [0.5, 0.6) is 0 Å². The number of hydrogen-bond acceptors (Lipinski definition) is 2. The lowest BCUT2D eigenvalue weighted by molar-refractivity contribution is -0.297. The van der Waals surface area contributed by atoms with Gasteiger partial charge in [0.15, 0.2) is 0 Å². The summed E-state index contributed by atoms with van der Waals surface area (Å²) in [7, 11) is 0. The molecule has 0 saturated heterocycles. The summed E-state index contributed by atoms with van der Waals surface area (Å²) in [4.78, 5) is 10.5. The van der Waals surface area contributed by atoms with Crippen LogP contribution in [0.25, 0.3) is 0 Å². The zero-order valence-corrected chi connectivity index (χ0v) is 8.17. The van der Waals surface area contributed by atoms with Gasteiger partial charge in [-0.3, -0.25) is 0 Å². The normalized spacial score (nSPS) is 38.5. The molecule has 2 nitrogen and oxygen atoms in total. The Morgan fingerprint density at radius 2 is 2.23 bits per heavy atom. The van der Waals surface area contributed by atoms with Crippen molar-refractivity contribution in [2.24, 2.45) is 17.3 Å². The Morgan fingerprint density at radius 3 is 2.69 bits per heavy atom. The fourth-order valence-corrected chi connectivity index (χ4v) is 3.11. The van der Waals surface area contributed by atoms with Crippen LogP contribution in [0.4, 0.5) is 0 Å². The first-order valence-electron chi connectivity index (χ1n) is 4.95. The Kier molecular flexibility index (Phi) is 1.76. The molecule has 2 bridgehead atoms. The summed E-state index contributed by atoms with van der Waals surface area (Å²) in [6, 6.07) is 0. The van der Waals surface area contributed by atoms with E-state index in [0.717, 1.165) is 5.57 Å². The van der Waals surface area contributed by atoms with Crippen LogP contribution in [0.2, 0.25) is 0 Å². The number of fused-ring (bicyclic) bond motifs is 2. The lowest BCUT2D eigenvalue weighted by atomic mass is 9.73. The van der Waals surface area contributed by atoms with Crippen molar-refractivity contribution in [2.75, 3.05) is 0 Å². The Bertz CT molecular complexity index is 276. The Labute approximate surface area is 78.6 Å². The molecule has 0 aromatic carbocycles. The molecule has 2 rings (SSSR count). The molecule has 0 unspecified atom stereocenters. The molecule has 0 aromatic rings. The van der Waals surface area contributed by atoms with Crippen molar-refractivity contribution in [3.8, 4) is 0 Å². The third-order valence-electron chi connectivity index (χ3n) is 3.91. The maximum absolute atomic E-state index is 10.5. The van der Waals surface area contributed by atoms with Gasteiger partial charge in [-0.15, -0.1) is 0 Å². The highest BCUT2D eigenvalue weighted by Crippen LogP contribution is 2.58. The summed E-state index contributed by atoms with van der Waals surface area (Å²) in [5.74, 6) is 0.191. The summed E-state index contributed by atoms with van der Waals surface area (Å²) >= 11 is 0. The van der Waals surface area contributed by atoms with E-state index >= 15 is 0 Å². The van der Waals surface area contributed by atoms with E-state index in [1.165, 1.54) is 25.3 Å². The van der Waals surface area contributed by atoms with Crippen molar-refractivity contribution in [3.05, 3.63) is 11.6 Å². The zero-order chi connectivity index (χ0) is 9.64. The van der Waals surface area contributed by atoms with Crippen LogP contribution in [0.3, 0.4) is 0 Å². The molecule has 2 fully saturated rings. The number of hydrogen-bond donors (Lipinski definition) is 0. The second kappa shape index (κ2) is 2.60. The number of carbonyl (C=O) groups is 1. The summed E-state index contributed by atoms with van der Waals surface area (Å²) in [5, 5.41) is 10.5. The lowest BCUT2D eigenvalue weighted by Gasteiger charge is -2.32. The second-order valence-corrected chi connectivity index (χ2v) is 4.85. The minimum absolute atomic E-state index is 0.100. The molecule has 0 amide bonds. The standard InChI is InChI=1S/C11H16O2/c1-11(2)8-4-3-7(5-8)9(11)6-10(12)13/h6-8H,3-5H2,1-2H3,(H,12,13)/p-1/t7-,8+/m1/s1. The van der Waals surface area contributed by atoms with Gasteiger partial charge in [0.05, 0.1) is 5.97 Å². The largest absolute Gasteiger partial charge is 0.545 e. The molecule has 0 aromatic heterocycles. The van der Waals surface area contributed by atoms with Crippen molar-refractivity contribution < 1.29 is 9.90 Å².